The second-order valence-corrected chi connectivity index (χ2v) is 5.69. The van der Waals surface area contributed by atoms with Crippen molar-refractivity contribution in [1.82, 2.24) is 9.55 Å². The third-order valence-electron chi connectivity index (χ3n) is 3.96. The number of aromatic nitrogens is 2. The van der Waals surface area contributed by atoms with Crippen LogP contribution in [0.1, 0.15) is 39.2 Å². The van der Waals surface area contributed by atoms with Crippen molar-refractivity contribution >= 4 is 11.9 Å². The largest absolute Gasteiger partial charge is 0.465 e. The minimum absolute atomic E-state index is 0.0995. The summed E-state index contributed by atoms with van der Waals surface area (Å²) >= 11 is 0. The molecular weight excluding hydrogens is 304 g/mol. The maximum Gasteiger partial charge on any atom is 0.328 e. The average molecular weight is 324 g/mol. The summed E-state index contributed by atoms with van der Waals surface area (Å²) in [4.78, 5) is 47.5. The van der Waals surface area contributed by atoms with Crippen molar-refractivity contribution in [3.63, 3.8) is 0 Å². The van der Waals surface area contributed by atoms with Crippen molar-refractivity contribution in [2.24, 2.45) is 5.92 Å². The van der Waals surface area contributed by atoms with Gasteiger partial charge in [-0.3, -0.25) is 23.9 Å². The SMILES string of the molecule is CC(=O)OC[C@H]1CC[C@@H](n2ccc(=O)[nH]c2=O)C[C@@H]1OC(C)=O. The second kappa shape index (κ2) is 7.26. The molecule has 2 rings (SSSR count). The van der Waals surface area contributed by atoms with Gasteiger partial charge in [0.2, 0.25) is 0 Å². The van der Waals surface area contributed by atoms with Crippen molar-refractivity contribution < 1.29 is 19.1 Å². The summed E-state index contributed by atoms with van der Waals surface area (Å²) in [6.07, 6.45) is 2.74. The molecule has 0 aromatic carbocycles. The van der Waals surface area contributed by atoms with Gasteiger partial charge in [0.15, 0.2) is 0 Å². The van der Waals surface area contributed by atoms with Crippen LogP contribution in [0.4, 0.5) is 0 Å². The van der Waals surface area contributed by atoms with Crippen LogP contribution in [0.2, 0.25) is 0 Å². The first-order chi connectivity index (χ1) is 10.9. The highest BCUT2D eigenvalue weighted by Gasteiger charge is 2.34. The van der Waals surface area contributed by atoms with E-state index in [0.717, 1.165) is 0 Å². The summed E-state index contributed by atoms with van der Waals surface area (Å²) < 4.78 is 11.8. The van der Waals surface area contributed by atoms with Crippen LogP contribution < -0.4 is 11.2 Å². The van der Waals surface area contributed by atoms with Crippen LogP contribution in [0.5, 0.6) is 0 Å². The third-order valence-corrected chi connectivity index (χ3v) is 3.96. The molecule has 0 radical (unpaired) electrons. The number of rotatable bonds is 4. The van der Waals surface area contributed by atoms with Gasteiger partial charge in [-0.1, -0.05) is 0 Å². The van der Waals surface area contributed by atoms with E-state index in [0.29, 0.717) is 19.3 Å². The van der Waals surface area contributed by atoms with Crippen LogP contribution in [-0.2, 0) is 19.1 Å². The molecule has 1 aliphatic rings. The van der Waals surface area contributed by atoms with Gasteiger partial charge in [0.1, 0.15) is 6.10 Å². The predicted molar refractivity (Wildman–Crippen MR) is 79.9 cm³/mol. The Morgan fingerprint density at radius 3 is 2.61 bits per heavy atom. The normalized spacial score (nSPS) is 24.0. The number of hydrogen-bond acceptors (Lipinski definition) is 6. The van der Waals surface area contributed by atoms with Crippen molar-refractivity contribution in [3.05, 3.63) is 33.1 Å². The third kappa shape index (κ3) is 4.54. The summed E-state index contributed by atoms with van der Waals surface area (Å²) in [7, 11) is 0. The van der Waals surface area contributed by atoms with Crippen LogP contribution in [0.3, 0.4) is 0 Å². The number of carbonyl (C=O) groups excluding carboxylic acids is 2. The summed E-state index contributed by atoms with van der Waals surface area (Å²) in [5.74, 6) is -0.902. The fourth-order valence-corrected chi connectivity index (χ4v) is 2.91. The van der Waals surface area contributed by atoms with Crippen molar-refractivity contribution in [1.29, 1.82) is 0 Å². The molecule has 0 aliphatic heterocycles. The number of hydrogen-bond donors (Lipinski definition) is 1. The molecule has 8 nitrogen and oxygen atoms in total. The van der Waals surface area contributed by atoms with Gasteiger partial charge in [0, 0.05) is 44.5 Å². The maximum absolute atomic E-state index is 11.9. The molecule has 1 aliphatic carbocycles. The Labute approximate surface area is 132 Å². The zero-order valence-electron chi connectivity index (χ0n) is 13.1. The number of H-pyrrole nitrogens is 1. The topological polar surface area (TPSA) is 107 Å². The van der Waals surface area contributed by atoms with Crippen molar-refractivity contribution in [2.75, 3.05) is 6.61 Å². The molecule has 1 aromatic heterocycles. The fraction of sp³-hybridized carbons (Fsp3) is 0.600. The molecule has 0 spiro atoms. The Bertz CT molecular complexity index is 692. The zero-order chi connectivity index (χ0) is 17.0. The quantitative estimate of drug-likeness (QED) is 0.802. The van der Waals surface area contributed by atoms with Crippen LogP contribution in [0.25, 0.3) is 0 Å². The van der Waals surface area contributed by atoms with E-state index in [1.54, 1.807) is 0 Å². The van der Waals surface area contributed by atoms with Crippen LogP contribution in [-0.4, -0.2) is 34.2 Å². The van der Waals surface area contributed by atoms with E-state index < -0.39 is 23.3 Å². The molecule has 1 saturated carbocycles. The van der Waals surface area contributed by atoms with Crippen molar-refractivity contribution in [2.45, 2.75) is 45.3 Å². The second-order valence-electron chi connectivity index (χ2n) is 5.69. The first-order valence-electron chi connectivity index (χ1n) is 7.49. The number of nitrogens with zero attached hydrogens (tertiary/aromatic N) is 1. The highest BCUT2D eigenvalue weighted by Crippen LogP contribution is 2.33. The Morgan fingerprint density at radius 1 is 1.26 bits per heavy atom. The van der Waals surface area contributed by atoms with E-state index in [1.807, 2.05) is 0 Å². The molecule has 23 heavy (non-hydrogen) atoms. The summed E-state index contributed by atoms with van der Waals surface area (Å²) in [6, 6.07) is 1.10. The van der Waals surface area contributed by atoms with Gasteiger partial charge in [-0.05, 0) is 12.8 Å². The minimum atomic E-state index is -0.484. The average Bonchev–Trinajstić information content (AvgIpc) is 2.45. The number of aromatic amines is 1. The summed E-state index contributed by atoms with van der Waals surface area (Å²) in [5, 5.41) is 0. The fourth-order valence-electron chi connectivity index (χ4n) is 2.91. The van der Waals surface area contributed by atoms with Gasteiger partial charge in [-0.15, -0.1) is 0 Å². The smallest absolute Gasteiger partial charge is 0.328 e. The molecule has 1 heterocycles. The van der Waals surface area contributed by atoms with Crippen LogP contribution >= 0.6 is 0 Å². The number of esters is 2. The number of nitrogens with one attached hydrogen (secondary N) is 1. The first kappa shape index (κ1) is 17.0. The van der Waals surface area contributed by atoms with Gasteiger partial charge in [0.05, 0.1) is 6.61 Å². The molecule has 0 unspecified atom stereocenters. The summed E-state index contributed by atoms with van der Waals surface area (Å²) in [6.45, 7) is 2.82. The Balaban J connectivity index is 2.14. The van der Waals surface area contributed by atoms with Crippen molar-refractivity contribution in [3.8, 4) is 0 Å². The van der Waals surface area contributed by atoms with E-state index in [9.17, 15) is 19.2 Å². The van der Waals surface area contributed by atoms with Gasteiger partial charge in [-0.25, -0.2) is 4.79 Å². The zero-order valence-corrected chi connectivity index (χ0v) is 13.1. The molecule has 0 saturated heterocycles. The Hall–Kier alpha value is -2.38. The van der Waals surface area contributed by atoms with Gasteiger partial charge >= 0.3 is 17.6 Å². The Morgan fingerprint density at radius 2 is 2.00 bits per heavy atom. The first-order valence-corrected chi connectivity index (χ1v) is 7.49. The molecular formula is C15H20N2O6. The van der Waals surface area contributed by atoms with E-state index in [-0.39, 0.29) is 24.5 Å². The minimum Gasteiger partial charge on any atom is -0.465 e. The lowest BCUT2D eigenvalue weighted by molar-refractivity contribution is -0.156. The lowest BCUT2D eigenvalue weighted by Gasteiger charge is -2.35. The molecule has 3 atom stereocenters. The van der Waals surface area contributed by atoms with Crippen LogP contribution in [0, 0.1) is 5.92 Å². The standard InChI is InChI=1S/C15H20N2O6/c1-9(18)22-8-11-3-4-12(7-13(11)23-10(2)19)17-6-5-14(20)16-15(17)21/h5-6,11-13H,3-4,7-8H2,1-2H3,(H,16,20,21)/t11-,12-,13+/m1/s1. The maximum atomic E-state index is 11.9. The van der Waals surface area contributed by atoms with E-state index in [1.165, 1.54) is 30.7 Å². The summed E-state index contributed by atoms with van der Waals surface area (Å²) in [5.41, 5.74) is -0.936. The monoisotopic (exact) mass is 324 g/mol. The highest BCUT2D eigenvalue weighted by molar-refractivity contribution is 5.66. The molecule has 1 fully saturated rings. The van der Waals surface area contributed by atoms with E-state index in [2.05, 4.69) is 4.98 Å². The van der Waals surface area contributed by atoms with Gasteiger partial charge < -0.3 is 9.47 Å². The van der Waals surface area contributed by atoms with E-state index >= 15 is 0 Å². The van der Waals surface area contributed by atoms with Gasteiger partial charge in [0.25, 0.3) is 5.56 Å². The van der Waals surface area contributed by atoms with Gasteiger partial charge in [-0.2, -0.15) is 0 Å². The number of carbonyl (C=O) groups is 2. The Kier molecular flexibility index (Phi) is 5.36. The molecule has 0 bridgehead atoms. The molecule has 1 N–H and O–H groups in total. The molecule has 126 valence electrons. The highest BCUT2D eigenvalue weighted by atomic mass is 16.6. The number of ether oxygens (including phenoxy) is 2. The van der Waals surface area contributed by atoms with Crippen LogP contribution in [0.15, 0.2) is 21.9 Å². The van der Waals surface area contributed by atoms with E-state index in [4.69, 9.17) is 9.47 Å². The molecule has 8 heteroatoms. The lowest BCUT2D eigenvalue weighted by atomic mass is 9.83. The molecule has 1 aromatic rings. The molecule has 0 amide bonds. The predicted octanol–water partition coefficient (Wildman–Crippen LogP) is 0.373. The lowest BCUT2D eigenvalue weighted by Crippen LogP contribution is -2.40.